The van der Waals surface area contributed by atoms with Gasteiger partial charge in [0.25, 0.3) is 0 Å². The molecule has 0 saturated carbocycles. The number of fused-ring (bicyclic) bond motifs is 6. The molecule has 0 fully saturated rings. The first-order valence-corrected chi connectivity index (χ1v) is 32.0. The van der Waals surface area contributed by atoms with Crippen molar-refractivity contribution in [3.8, 4) is 34.0 Å². The van der Waals surface area contributed by atoms with E-state index < -0.39 is 5.97 Å². The minimum absolute atomic E-state index is 0.281. The molecule has 0 unspecified atom stereocenters. The predicted molar refractivity (Wildman–Crippen MR) is 370 cm³/mol. The van der Waals surface area contributed by atoms with Gasteiger partial charge in [-0.2, -0.15) is 0 Å². The average molecular weight is 1150 g/mol. The SMILES string of the molecule is CCCCCCCCCCOc1cccc(/C=C/c2cc(/C=C/c3cccc(OCCCCCCCCCC)c3)cc(/C=C/c3ccc4c(c3)c3ccccc3n4-c3ccc(-c4ccc(-n5c6ccccc6c6cc(C(=O)O)ccc65)cc4)cc3)c2)c1. The van der Waals surface area contributed by atoms with Gasteiger partial charge in [0, 0.05) is 32.9 Å². The van der Waals surface area contributed by atoms with E-state index in [0.29, 0.717) is 0 Å². The molecule has 2 heterocycles. The number of para-hydroxylation sites is 2. The molecule has 0 saturated heterocycles. The topological polar surface area (TPSA) is 65.6 Å². The Balaban J connectivity index is 0.815. The highest BCUT2D eigenvalue weighted by atomic mass is 16.5. The van der Waals surface area contributed by atoms with Crippen LogP contribution < -0.4 is 9.47 Å². The molecule has 6 nitrogen and oxygen atoms in total. The first-order chi connectivity index (χ1) is 42.9. The number of rotatable bonds is 30. The summed E-state index contributed by atoms with van der Waals surface area (Å²) in [4.78, 5) is 11.9. The molecule has 11 rings (SSSR count). The molecule has 0 aliphatic heterocycles. The smallest absolute Gasteiger partial charge is 0.335 e. The van der Waals surface area contributed by atoms with Gasteiger partial charge in [-0.05, 0) is 167 Å². The number of nitrogens with zero attached hydrogens (tertiary/aromatic N) is 2. The van der Waals surface area contributed by atoms with Gasteiger partial charge in [0.1, 0.15) is 11.5 Å². The number of aromatic nitrogens is 2. The Bertz CT molecular complexity index is 4080. The number of unbranched alkanes of at least 4 members (excludes halogenated alkanes) is 14. The fourth-order valence-corrected chi connectivity index (χ4v) is 12.2. The maximum atomic E-state index is 11.9. The van der Waals surface area contributed by atoms with E-state index >= 15 is 0 Å². The highest BCUT2D eigenvalue weighted by Crippen LogP contribution is 2.36. The normalized spacial score (nSPS) is 11.9. The second-order valence-electron chi connectivity index (χ2n) is 23.3. The van der Waals surface area contributed by atoms with Crippen LogP contribution in [0.4, 0.5) is 0 Å². The first-order valence-electron chi connectivity index (χ1n) is 32.0. The van der Waals surface area contributed by atoms with E-state index in [-0.39, 0.29) is 5.56 Å². The van der Waals surface area contributed by atoms with Crippen LogP contribution in [-0.4, -0.2) is 33.4 Å². The monoisotopic (exact) mass is 1150 g/mol. The number of carbonyl (C=O) groups is 1. The minimum Gasteiger partial charge on any atom is -0.494 e. The Morgan fingerprint density at radius 1 is 0.345 bits per heavy atom. The fourth-order valence-electron chi connectivity index (χ4n) is 12.2. The summed E-state index contributed by atoms with van der Waals surface area (Å²) in [6.45, 7) is 6.04. The fraction of sp³-hybridized carbons (Fsp3) is 0.247. The first kappa shape index (κ1) is 59.6. The molecule has 0 bridgehead atoms. The lowest BCUT2D eigenvalue weighted by Gasteiger charge is -2.11. The Morgan fingerprint density at radius 2 is 0.724 bits per heavy atom. The zero-order chi connectivity index (χ0) is 59.6. The molecule has 6 heteroatoms. The molecule has 1 N–H and O–H groups in total. The van der Waals surface area contributed by atoms with Gasteiger partial charge in [-0.25, -0.2) is 4.79 Å². The molecule has 0 atom stereocenters. The molecule has 0 radical (unpaired) electrons. The highest BCUT2D eigenvalue weighted by Gasteiger charge is 2.16. The van der Waals surface area contributed by atoms with E-state index in [2.05, 4.69) is 229 Å². The molecule has 0 aliphatic rings. The van der Waals surface area contributed by atoms with Crippen molar-refractivity contribution in [3.63, 3.8) is 0 Å². The Kier molecular flexibility index (Phi) is 20.4. The van der Waals surface area contributed by atoms with Crippen molar-refractivity contribution in [2.45, 2.75) is 117 Å². The summed E-state index contributed by atoms with van der Waals surface area (Å²) < 4.78 is 17.1. The third kappa shape index (κ3) is 15.3. The predicted octanol–water partition coefficient (Wildman–Crippen LogP) is 22.8. The van der Waals surface area contributed by atoms with Crippen molar-refractivity contribution >= 4 is 86.0 Å². The van der Waals surface area contributed by atoms with Gasteiger partial charge in [0.15, 0.2) is 0 Å². The van der Waals surface area contributed by atoms with E-state index in [1.165, 1.54) is 101 Å². The zero-order valence-electron chi connectivity index (χ0n) is 50.8. The van der Waals surface area contributed by atoms with Gasteiger partial charge in [-0.15, -0.1) is 0 Å². The van der Waals surface area contributed by atoms with E-state index in [0.717, 1.165) is 126 Å². The largest absolute Gasteiger partial charge is 0.494 e. The van der Waals surface area contributed by atoms with Crippen LogP contribution in [0.1, 0.15) is 160 Å². The van der Waals surface area contributed by atoms with E-state index in [1.807, 2.05) is 18.2 Å². The van der Waals surface area contributed by atoms with Crippen LogP contribution in [0, 0.1) is 0 Å². The van der Waals surface area contributed by atoms with Crippen LogP contribution in [-0.2, 0) is 0 Å². The maximum Gasteiger partial charge on any atom is 0.335 e. The third-order valence-corrected chi connectivity index (χ3v) is 16.9. The number of hydrogen-bond acceptors (Lipinski definition) is 3. The molecule has 0 aliphatic carbocycles. The number of hydrogen-bond donors (Lipinski definition) is 1. The lowest BCUT2D eigenvalue weighted by atomic mass is 10.0. The molecular weight excluding hydrogens is 1060 g/mol. The van der Waals surface area contributed by atoms with Crippen molar-refractivity contribution in [3.05, 3.63) is 239 Å². The van der Waals surface area contributed by atoms with Gasteiger partial charge in [-0.3, -0.25) is 0 Å². The Labute approximate surface area is 514 Å². The van der Waals surface area contributed by atoms with Crippen molar-refractivity contribution in [1.29, 1.82) is 0 Å². The van der Waals surface area contributed by atoms with Crippen molar-refractivity contribution in [1.82, 2.24) is 9.13 Å². The molecule has 11 aromatic rings. The van der Waals surface area contributed by atoms with Crippen LogP contribution in [0.2, 0.25) is 0 Å². The summed E-state index contributed by atoms with van der Waals surface area (Å²) in [6.07, 6.45) is 33.8. The van der Waals surface area contributed by atoms with Crippen LogP contribution in [0.15, 0.2) is 200 Å². The summed E-state index contributed by atoms with van der Waals surface area (Å²) in [5, 5.41) is 14.1. The Morgan fingerprint density at radius 3 is 1.17 bits per heavy atom. The molecule has 87 heavy (non-hydrogen) atoms. The summed E-state index contributed by atoms with van der Waals surface area (Å²) >= 11 is 0. The number of ether oxygens (including phenoxy) is 2. The third-order valence-electron chi connectivity index (χ3n) is 16.9. The van der Waals surface area contributed by atoms with Crippen molar-refractivity contribution < 1.29 is 19.4 Å². The van der Waals surface area contributed by atoms with E-state index in [1.54, 1.807) is 12.1 Å². The molecule has 0 spiro atoms. The summed E-state index contributed by atoms with van der Waals surface area (Å²) in [6, 6.07) is 70.2. The number of carboxylic acids is 1. The summed E-state index contributed by atoms with van der Waals surface area (Å²) in [5.41, 5.74) is 15.6. The number of benzene rings is 9. The van der Waals surface area contributed by atoms with E-state index in [9.17, 15) is 9.90 Å². The number of carboxylic acid groups (broad SMARTS) is 1. The van der Waals surface area contributed by atoms with Gasteiger partial charge < -0.3 is 23.7 Å². The molecule has 440 valence electrons. The average Bonchev–Trinajstić information content (AvgIpc) is 1.74. The standard InChI is InChI=1S/C81H82N2O4/c1-3-5-7-9-11-13-15-21-51-86-71-27-23-25-60(56-71)33-36-63-53-64(37-34-61-26-24-28-72(57-61)87-52-22-16-14-12-10-8-6-4-2)55-65(54-63)38-35-62-39-49-79-75(58-62)73-29-17-19-31-77(73)82(79)69-45-40-66(41-46-69)67-42-47-70(48-43-67)83-78-32-20-18-30-74(78)76-59-68(81(84)85)44-50-80(76)83/h17-20,23-50,53-59H,3-16,21-22,51-52H2,1-2H3,(H,84,85)/b36-33+,37-34+,38-35+. The van der Waals surface area contributed by atoms with E-state index in [4.69, 9.17) is 9.47 Å². The Hall–Kier alpha value is -9.13. The highest BCUT2D eigenvalue weighted by molar-refractivity contribution is 6.12. The zero-order valence-corrected chi connectivity index (χ0v) is 50.8. The number of aromatic carboxylic acids is 1. The molecule has 2 aromatic heterocycles. The lowest BCUT2D eigenvalue weighted by molar-refractivity contribution is 0.0697. The van der Waals surface area contributed by atoms with Gasteiger partial charge in [0.2, 0.25) is 0 Å². The van der Waals surface area contributed by atoms with Gasteiger partial charge in [-0.1, -0.05) is 231 Å². The molecule has 9 aromatic carbocycles. The quantitative estimate of drug-likeness (QED) is 0.0360. The van der Waals surface area contributed by atoms with Crippen LogP contribution >= 0.6 is 0 Å². The molecular formula is C81H82N2O4. The van der Waals surface area contributed by atoms with Gasteiger partial charge in [0.05, 0.1) is 40.8 Å². The molecule has 0 amide bonds. The van der Waals surface area contributed by atoms with Crippen LogP contribution in [0.25, 0.3) is 103 Å². The summed E-state index contributed by atoms with van der Waals surface area (Å²) in [7, 11) is 0. The lowest BCUT2D eigenvalue weighted by Crippen LogP contribution is -1.97. The van der Waals surface area contributed by atoms with Gasteiger partial charge >= 0.3 is 5.97 Å². The summed E-state index contributed by atoms with van der Waals surface area (Å²) in [5.74, 6) is 0.905. The maximum absolute atomic E-state index is 11.9. The minimum atomic E-state index is -0.929. The van der Waals surface area contributed by atoms with Crippen molar-refractivity contribution in [2.24, 2.45) is 0 Å². The second-order valence-corrected chi connectivity index (χ2v) is 23.3. The van der Waals surface area contributed by atoms with Crippen LogP contribution in [0.3, 0.4) is 0 Å². The van der Waals surface area contributed by atoms with Crippen molar-refractivity contribution in [2.75, 3.05) is 13.2 Å². The van der Waals surface area contributed by atoms with Crippen LogP contribution in [0.5, 0.6) is 11.5 Å². The second kappa shape index (κ2) is 29.8.